The summed E-state index contributed by atoms with van der Waals surface area (Å²) in [4.78, 5) is 16.0. The van der Waals surface area contributed by atoms with Gasteiger partial charge in [0.2, 0.25) is 0 Å². The van der Waals surface area contributed by atoms with E-state index in [1.807, 2.05) is 24.3 Å². The Labute approximate surface area is 130 Å². The molecule has 102 valence electrons. The van der Waals surface area contributed by atoms with Crippen molar-refractivity contribution in [3.63, 3.8) is 0 Å². The smallest absolute Gasteiger partial charge is 0.340 e. The van der Waals surface area contributed by atoms with Crippen LogP contribution in [0.4, 0.5) is 5.69 Å². The highest BCUT2D eigenvalue weighted by molar-refractivity contribution is 9.10. The van der Waals surface area contributed by atoms with Gasteiger partial charge >= 0.3 is 5.97 Å². The highest BCUT2D eigenvalue weighted by atomic mass is 79.9. The molecule has 0 spiro atoms. The average molecular weight is 353 g/mol. The summed E-state index contributed by atoms with van der Waals surface area (Å²) >= 11 is 9.28. The van der Waals surface area contributed by atoms with Gasteiger partial charge in [-0.25, -0.2) is 4.79 Å². The molecule has 0 aliphatic heterocycles. The maximum absolute atomic E-state index is 11.7. The first kappa shape index (κ1) is 14.8. The van der Waals surface area contributed by atoms with E-state index in [0.717, 1.165) is 10.0 Å². The lowest BCUT2D eigenvalue weighted by Gasteiger charge is -2.04. The maximum atomic E-state index is 11.7. The number of carbonyl (C=O) groups is 1. The van der Waals surface area contributed by atoms with Crippen LogP contribution in [0, 0.1) is 0 Å². The van der Waals surface area contributed by atoms with Crippen LogP contribution in [-0.2, 0) is 4.74 Å². The SMILES string of the molecule is COC(=O)c1cc(Cl)ccc1N=Cc1cccc(Br)c1. The molecule has 5 heteroatoms. The summed E-state index contributed by atoms with van der Waals surface area (Å²) in [6.07, 6.45) is 1.68. The zero-order chi connectivity index (χ0) is 14.5. The second-order valence-electron chi connectivity index (χ2n) is 3.97. The Morgan fingerprint density at radius 3 is 2.80 bits per heavy atom. The van der Waals surface area contributed by atoms with E-state index in [1.54, 1.807) is 24.4 Å². The summed E-state index contributed by atoms with van der Waals surface area (Å²) < 4.78 is 5.69. The van der Waals surface area contributed by atoms with E-state index in [1.165, 1.54) is 7.11 Å². The third kappa shape index (κ3) is 3.68. The lowest BCUT2D eigenvalue weighted by atomic mass is 10.2. The van der Waals surface area contributed by atoms with Crippen LogP contribution in [0.5, 0.6) is 0 Å². The molecule has 0 fully saturated rings. The molecule has 20 heavy (non-hydrogen) atoms. The van der Waals surface area contributed by atoms with Gasteiger partial charge in [-0.1, -0.05) is 39.7 Å². The van der Waals surface area contributed by atoms with Gasteiger partial charge in [-0.15, -0.1) is 0 Å². The fourth-order valence-corrected chi connectivity index (χ4v) is 2.21. The van der Waals surface area contributed by atoms with Crippen molar-refractivity contribution in [2.75, 3.05) is 7.11 Å². The second kappa shape index (κ2) is 6.68. The Bertz CT molecular complexity index is 671. The first-order valence-electron chi connectivity index (χ1n) is 5.77. The molecule has 0 N–H and O–H groups in total. The number of esters is 1. The number of carbonyl (C=O) groups excluding carboxylic acids is 1. The van der Waals surface area contributed by atoms with Crippen molar-refractivity contribution in [3.05, 3.63) is 63.1 Å². The summed E-state index contributed by atoms with van der Waals surface area (Å²) in [6, 6.07) is 12.6. The van der Waals surface area contributed by atoms with E-state index in [4.69, 9.17) is 16.3 Å². The Kier molecular flexibility index (Phi) is 4.93. The normalized spacial score (nSPS) is 10.8. The fraction of sp³-hybridized carbons (Fsp3) is 0.0667. The molecule has 0 bridgehead atoms. The first-order chi connectivity index (χ1) is 9.60. The predicted octanol–water partition coefficient (Wildman–Crippen LogP) is 4.64. The van der Waals surface area contributed by atoms with Crippen LogP contribution in [0.2, 0.25) is 5.02 Å². The lowest BCUT2D eigenvalue weighted by Crippen LogP contribution is -2.01. The molecule has 0 saturated heterocycles. The van der Waals surface area contributed by atoms with Gasteiger partial charge in [0.15, 0.2) is 0 Å². The van der Waals surface area contributed by atoms with Gasteiger partial charge < -0.3 is 4.74 Å². The van der Waals surface area contributed by atoms with E-state index in [-0.39, 0.29) is 0 Å². The summed E-state index contributed by atoms with van der Waals surface area (Å²) in [5.74, 6) is -0.464. The van der Waals surface area contributed by atoms with Gasteiger partial charge in [-0.2, -0.15) is 0 Å². The number of methoxy groups -OCH3 is 1. The lowest BCUT2D eigenvalue weighted by molar-refractivity contribution is 0.0601. The van der Waals surface area contributed by atoms with Crippen molar-refractivity contribution in [2.24, 2.45) is 4.99 Å². The van der Waals surface area contributed by atoms with Gasteiger partial charge in [0, 0.05) is 15.7 Å². The highest BCUT2D eigenvalue weighted by Crippen LogP contribution is 2.24. The van der Waals surface area contributed by atoms with Crippen molar-refractivity contribution < 1.29 is 9.53 Å². The molecule has 0 aliphatic carbocycles. The minimum absolute atomic E-state index is 0.339. The van der Waals surface area contributed by atoms with Crippen LogP contribution < -0.4 is 0 Å². The van der Waals surface area contributed by atoms with E-state index < -0.39 is 5.97 Å². The standard InChI is InChI=1S/C15H11BrClNO2/c1-20-15(19)13-8-12(17)5-6-14(13)18-9-10-3-2-4-11(16)7-10/h2-9H,1H3. The van der Waals surface area contributed by atoms with E-state index in [9.17, 15) is 4.79 Å². The molecule has 2 rings (SSSR count). The number of aliphatic imine (C=N–C) groups is 1. The molecule has 0 radical (unpaired) electrons. The van der Waals surface area contributed by atoms with Crippen LogP contribution in [0.1, 0.15) is 15.9 Å². The zero-order valence-corrected chi connectivity index (χ0v) is 13.0. The molecular weight excluding hydrogens is 342 g/mol. The number of hydrogen-bond donors (Lipinski definition) is 0. The predicted molar refractivity (Wildman–Crippen MR) is 84.2 cm³/mol. The summed E-state index contributed by atoms with van der Waals surface area (Å²) in [5.41, 5.74) is 1.78. The third-order valence-electron chi connectivity index (χ3n) is 2.57. The summed E-state index contributed by atoms with van der Waals surface area (Å²) in [7, 11) is 1.32. The molecule has 0 unspecified atom stereocenters. The molecule has 0 amide bonds. The monoisotopic (exact) mass is 351 g/mol. The molecule has 2 aromatic rings. The van der Waals surface area contributed by atoms with Gasteiger partial charge in [0.1, 0.15) is 0 Å². The largest absolute Gasteiger partial charge is 0.465 e. The van der Waals surface area contributed by atoms with Crippen LogP contribution in [-0.4, -0.2) is 19.3 Å². The van der Waals surface area contributed by atoms with Gasteiger partial charge in [-0.3, -0.25) is 4.99 Å². The van der Waals surface area contributed by atoms with E-state index in [0.29, 0.717) is 16.3 Å². The molecular formula is C15H11BrClNO2. The topological polar surface area (TPSA) is 38.7 Å². The van der Waals surface area contributed by atoms with Gasteiger partial charge in [-0.05, 0) is 35.9 Å². The van der Waals surface area contributed by atoms with Crippen molar-refractivity contribution >= 4 is 45.4 Å². The molecule has 0 saturated carbocycles. The van der Waals surface area contributed by atoms with Gasteiger partial charge in [0.05, 0.1) is 18.4 Å². The van der Waals surface area contributed by atoms with Gasteiger partial charge in [0.25, 0.3) is 0 Å². The molecule has 2 aromatic carbocycles. The number of benzene rings is 2. The van der Waals surface area contributed by atoms with Crippen LogP contribution in [0.3, 0.4) is 0 Å². The number of ether oxygens (including phenoxy) is 1. The number of rotatable bonds is 3. The van der Waals surface area contributed by atoms with Crippen LogP contribution in [0.25, 0.3) is 0 Å². The number of halogens is 2. The second-order valence-corrected chi connectivity index (χ2v) is 5.32. The molecule has 0 aliphatic rings. The first-order valence-corrected chi connectivity index (χ1v) is 6.95. The highest BCUT2D eigenvalue weighted by Gasteiger charge is 2.11. The Hall–Kier alpha value is -1.65. The Morgan fingerprint density at radius 1 is 1.30 bits per heavy atom. The van der Waals surface area contributed by atoms with Crippen molar-refractivity contribution in [3.8, 4) is 0 Å². The van der Waals surface area contributed by atoms with Crippen molar-refractivity contribution in [1.82, 2.24) is 0 Å². The Balaban J connectivity index is 2.36. The Morgan fingerprint density at radius 2 is 2.10 bits per heavy atom. The number of hydrogen-bond acceptors (Lipinski definition) is 3. The molecule has 0 atom stereocenters. The average Bonchev–Trinajstić information content (AvgIpc) is 2.45. The zero-order valence-electron chi connectivity index (χ0n) is 10.6. The summed E-state index contributed by atoms with van der Waals surface area (Å²) in [5, 5.41) is 0.465. The van der Waals surface area contributed by atoms with E-state index in [2.05, 4.69) is 20.9 Å². The third-order valence-corrected chi connectivity index (χ3v) is 3.29. The van der Waals surface area contributed by atoms with E-state index >= 15 is 0 Å². The fourth-order valence-electron chi connectivity index (χ4n) is 1.63. The maximum Gasteiger partial charge on any atom is 0.340 e. The number of nitrogens with zero attached hydrogens (tertiary/aromatic N) is 1. The minimum atomic E-state index is -0.464. The van der Waals surface area contributed by atoms with Crippen molar-refractivity contribution in [2.45, 2.75) is 0 Å². The molecule has 0 aromatic heterocycles. The van der Waals surface area contributed by atoms with Crippen LogP contribution in [0.15, 0.2) is 51.9 Å². The van der Waals surface area contributed by atoms with Crippen LogP contribution >= 0.6 is 27.5 Å². The van der Waals surface area contributed by atoms with Crippen molar-refractivity contribution in [1.29, 1.82) is 0 Å². The summed E-state index contributed by atoms with van der Waals surface area (Å²) in [6.45, 7) is 0. The minimum Gasteiger partial charge on any atom is -0.465 e. The molecule has 3 nitrogen and oxygen atoms in total. The molecule has 0 heterocycles. The quantitative estimate of drug-likeness (QED) is 0.596.